The Balaban J connectivity index is 1.70. The predicted molar refractivity (Wildman–Crippen MR) is 115 cm³/mol. The molecular formula is C20H31N3O5S2. The molecule has 0 aliphatic carbocycles. The first kappa shape index (κ1) is 23.2. The number of hydrogen-bond acceptors (Lipinski definition) is 6. The molecule has 0 aromatic heterocycles. The average molecular weight is 458 g/mol. The van der Waals surface area contributed by atoms with Gasteiger partial charge in [-0.05, 0) is 44.7 Å². The quantitative estimate of drug-likeness (QED) is 0.617. The summed E-state index contributed by atoms with van der Waals surface area (Å²) < 4.78 is 51.3. The minimum Gasteiger partial charge on any atom is -0.273 e. The first-order chi connectivity index (χ1) is 13.9. The van der Waals surface area contributed by atoms with Crippen LogP contribution in [-0.4, -0.2) is 81.8 Å². The van der Waals surface area contributed by atoms with Gasteiger partial charge in [0.25, 0.3) is 0 Å². The Labute approximate surface area is 179 Å². The van der Waals surface area contributed by atoms with Crippen LogP contribution in [-0.2, 0) is 24.7 Å². The minimum absolute atomic E-state index is 0.0170. The van der Waals surface area contributed by atoms with Crippen molar-refractivity contribution >= 4 is 25.8 Å². The number of sulfone groups is 1. The van der Waals surface area contributed by atoms with Crippen molar-refractivity contribution in [3.63, 3.8) is 0 Å². The number of carbonyl (C=O) groups excluding carboxylic acids is 1. The lowest BCUT2D eigenvalue weighted by atomic mass is 9.96. The van der Waals surface area contributed by atoms with E-state index >= 15 is 0 Å². The Kier molecular flexibility index (Phi) is 6.62. The average Bonchev–Trinajstić information content (AvgIpc) is 3.00. The molecule has 0 saturated carbocycles. The van der Waals surface area contributed by atoms with Crippen LogP contribution in [0.2, 0.25) is 0 Å². The standard InChI is InChI=1S/C20H31N3O5S2/c1-15-5-6-19(16(2)13-15)30(27,28)22-10-7-17(8-11-22)20(24)23(21(3)4)18-9-12-29(25,26)14-18/h5-6,13,17-18H,7-12,14H2,1-4H3. The van der Waals surface area contributed by atoms with Crippen LogP contribution >= 0.6 is 0 Å². The second-order valence-corrected chi connectivity index (χ2v) is 12.7. The van der Waals surface area contributed by atoms with Crippen molar-refractivity contribution in [2.24, 2.45) is 5.92 Å². The number of hydrogen-bond donors (Lipinski definition) is 0. The maximum Gasteiger partial charge on any atom is 0.243 e. The molecule has 3 rings (SSSR count). The summed E-state index contributed by atoms with van der Waals surface area (Å²) in [7, 11) is -3.24. The predicted octanol–water partition coefficient (Wildman–Crippen LogP) is 1.20. The molecule has 0 bridgehead atoms. The Hall–Kier alpha value is -1.49. The van der Waals surface area contributed by atoms with Crippen LogP contribution < -0.4 is 0 Å². The SMILES string of the molecule is Cc1ccc(S(=O)(=O)N2CCC(C(=O)N(C3CCS(=O)(=O)C3)N(C)C)CC2)c(C)c1. The number of nitrogens with zero attached hydrogens (tertiary/aromatic N) is 3. The highest BCUT2D eigenvalue weighted by atomic mass is 32.2. The van der Waals surface area contributed by atoms with Crippen molar-refractivity contribution in [2.75, 3.05) is 38.7 Å². The Bertz CT molecular complexity index is 1010. The zero-order valence-corrected chi connectivity index (χ0v) is 19.7. The third-order valence-corrected chi connectivity index (χ3v) is 9.77. The molecule has 2 heterocycles. The van der Waals surface area contributed by atoms with Gasteiger partial charge in [-0.15, -0.1) is 0 Å². The van der Waals surface area contributed by atoms with E-state index < -0.39 is 19.9 Å². The minimum atomic E-state index is -3.61. The van der Waals surface area contributed by atoms with E-state index in [0.29, 0.717) is 24.2 Å². The fraction of sp³-hybridized carbons (Fsp3) is 0.650. The van der Waals surface area contributed by atoms with Crippen molar-refractivity contribution in [1.82, 2.24) is 14.3 Å². The lowest BCUT2D eigenvalue weighted by Crippen LogP contribution is -2.53. The molecule has 1 aromatic carbocycles. The first-order valence-corrected chi connectivity index (χ1v) is 13.5. The van der Waals surface area contributed by atoms with Gasteiger partial charge in [-0.1, -0.05) is 17.7 Å². The van der Waals surface area contributed by atoms with Crippen LogP contribution in [0.3, 0.4) is 0 Å². The molecule has 2 saturated heterocycles. The molecular weight excluding hydrogens is 426 g/mol. The lowest BCUT2D eigenvalue weighted by molar-refractivity contribution is -0.155. The Morgan fingerprint density at radius 2 is 1.73 bits per heavy atom. The monoisotopic (exact) mass is 457 g/mol. The molecule has 0 N–H and O–H groups in total. The molecule has 1 amide bonds. The summed E-state index contributed by atoms with van der Waals surface area (Å²) in [6, 6.07) is 4.94. The van der Waals surface area contributed by atoms with E-state index in [1.54, 1.807) is 43.2 Å². The van der Waals surface area contributed by atoms with Crippen LogP contribution in [0.4, 0.5) is 0 Å². The molecule has 8 nitrogen and oxygen atoms in total. The highest BCUT2D eigenvalue weighted by Crippen LogP contribution is 2.29. The molecule has 1 atom stereocenters. The second kappa shape index (κ2) is 8.57. The summed E-state index contributed by atoms with van der Waals surface area (Å²) in [5.41, 5.74) is 1.72. The van der Waals surface area contributed by atoms with E-state index in [9.17, 15) is 21.6 Å². The maximum atomic E-state index is 13.2. The summed E-state index contributed by atoms with van der Waals surface area (Å²) in [5.74, 6) is -0.356. The van der Waals surface area contributed by atoms with Crippen LogP contribution in [0, 0.1) is 19.8 Å². The van der Waals surface area contributed by atoms with E-state index in [0.717, 1.165) is 11.1 Å². The molecule has 1 aromatic rings. The zero-order valence-electron chi connectivity index (χ0n) is 18.0. The van der Waals surface area contributed by atoms with E-state index in [4.69, 9.17) is 0 Å². The van der Waals surface area contributed by atoms with Gasteiger partial charge in [0.1, 0.15) is 0 Å². The van der Waals surface area contributed by atoms with E-state index in [-0.39, 0.29) is 42.5 Å². The van der Waals surface area contributed by atoms with Crippen LogP contribution in [0.25, 0.3) is 0 Å². The lowest BCUT2D eigenvalue weighted by Gasteiger charge is -2.38. The van der Waals surface area contributed by atoms with Crippen molar-refractivity contribution in [3.05, 3.63) is 29.3 Å². The maximum absolute atomic E-state index is 13.2. The number of benzene rings is 1. The zero-order chi connectivity index (χ0) is 22.3. The van der Waals surface area contributed by atoms with Gasteiger partial charge in [0.05, 0.1) is 22.4 Å². The number of carbonyl (C=O) groups is 1. The number of piperidine rings is 1. The van der Waals surface area contributed by atoms with Gasteiger partial charge in [-0.25, -0.2) is 21.8 Å². The van der Waals surface area contributed by atoms with Gasteiger partial charge >= 0.3 is 0 Å². The van der Waals surface area contributed by atoms with Crippen LogP contribution in [0.15, 0.2) is 23.1 Å². The van der Waals surface area contributed by atoms with Crippen LogP contribution in [0.1, 0.15) is 30.4 Å². The van der Waals surface area contributed by atoms with Crippen molar-refractivity contribution in [3.8, 4) is 0 Å². The summed E-state index contributed by atoms with van der Waals surface area (Å²) in [4.78, 5) is 13.5. The molecule has 0 spiro atoms. The van der Waals surface area contributed by atoms with Gasteiger partial charge in [0.15, 0.2) is 9.84 Å². The van der Waals surface area contributed by atoms with Crippen LogP contribution in [0.5, 0.6) is 0 Å². The highest BCUT2D eigenvalue weighted by molar-refractivity contribution is 7.91. The fourth-order valence-corrected chi connectivity index (χ4v) is 7.80. The normalized spacial score (nSPS) is 23.0. The van der Waals surface area contributed by atoms with Gasteiger partial charge in [0, 0.05) is 33.1 Å². The smallest absolute Gasteiger partial charge is 0.243 e. The molecule has 0 radical (unpaired) electrons. The second-order valence-electron chi connectivity index (χ2n) is 8.53. The Morgan fingerprint density at radius 3 is 2.23 bits per heavy atom. The fourth-order valence-electron chi connectivity index (χ4n) is 4.43. The molecule has 168 valence electrons. The van der Waals surface area contributed by atoms with Crippen molar-refractivity contribution in [2.45, 2.75) is 44.0 Å². The number of sulfonamides is 1. The molecule has 30 heavy (non-hydrogen) atoms. The van der Waals surface area contributed by atoms with Crippen molar-refractivity contribution < 1.29 is 21.6 Å². The third kappa shape index (κ3) is 4.71. The van der Waals surface area contributed by atoms with Gasteiger partial charge in [-0.3, -0.25) is 9.80 Å². The summed E-state index contributed by atoms with van der Waals surface area (Å²) in [6.07, 6.45) is 1.28. The largest absolute Gasteiger partial charge is 0.273 e. The first-order valence-electron chi connectivity index (χ1n) is 10.2. The molecule has 2 aliphatic rings. The molecule has 10 heteroatoms. The number of amides is 1. The van der Waals surface area contributed by atoms with Gasteiger partial charge in [-0.2, -0.15) is 4.31 Å². The van der Waals surface area contributed by atoms with Crippen molar-refractivity contribution in [1.29, 1.82) is 0 Å². The number of rotatable bonds is 5. The number of aryl methyl sites for hydroxylation is 2. The Morgan fingerprint density at radius 1 is 1.10 bits per heavy atom. The van der Waals surface area contributed by atoms with E-state index in [2.05, 4.69) is 0 Å². The van der Waals surface area contributed by atoms with Gasteiger partial charge < -0.3 is 0 Å². The third-order valence-electron chi connectivity index (χ3n) is 5.96. The van der Waals surface area contributed by atoms with E-state index in [1.165, 1.54) is 4.31 Å². The summed E-state index contributed by atoms with van der Waals surface area (Å²) >= 11 is 0. The van der Waals surface area contributed by atoms with E-state index in [1.807, 2.05) is 13.0 Å². The number of hydrazine groups is 1. The molecule has 2 aliphatic heterocycles. The summed E-state index contributed by atoms with van der Waals surface area (Å²) in [6.45, 7) is 4.26. The van der Waals surface area contributed by atoms with Gasteiger partial charge in [0.2, 0.25) is 15.9 Å². The summed E-state index contributed by atoms with van der Waals surface area (Å²) in [5, 5.41) is 3.22. The topological polar surface area (TPSA) is 95.1 Å². The molecule has 1 unspecified atom stereocenters. The molecule has 2 fully saturated rings. The highest BCUT2D eigenvalue weighted by Gasteiger charge is 2.40.